The number of nitrogens with zero attached hydrogens (tertiary/aromatic N) is 1. The summed E-state index contributed by atoms with van der Waals surface area (Å²) >= 11 is 0. The van der Waals surface area contributed by atoms with E-state index in [-0.39, 0.29) is 0 Å². The monoisotopic (exact) mass is 312 g/mol. The van der Waals surface area contributed by atoms with Gasteiger partial charge >= 0.3 is 0 Å². The van der Waals surface area contributed by atoms with Gasteiger partial charge in [0.2, 0.25) is 0 Å². The molecular formula is C19H40N2O. The highest BCUT2D eigenvalue weighted by atomic mass is 16.5. The standard InChI is InChI=1S/C19H40N2O/c1-16(2)7-8-19(9-11-20-12-13-21(5)6)10-14-22-18(15-19)17(3)4/h16-18,20H,7-15H2,1-6H3/t18-,19-/m1/s1. The van der Waals surface area contributed by atoms with Gasteiger partial charge in [-0.3, -0.25) is 0 Å². The molecule has 0 aromatic carbocycles. The van der Waals surface area contributed by atoms with E-state index in [1.807, 2.05) is 0 Å². The van der Waals surface area contributed by atoms with Crippen LogP contribution in [0.2, 0.25) is 0 Å². The number of ether oxygens (including phenoxy) is 1. The topological polar surface area (TPSA) is 24.5 Å². The van der Waals surface area contributed by atoms with E-state index in [4.69, 9.17) is 4.74 Å². The molecule has 0 spiro atoms. The van der Waals surface area contributed by atoms with E-state index in [1.165, 1.54) is 32.1 Å². The third-order valence-electron chi connectivity index (χ3n) is 5.16. The zero-order valence-corrected chi connectivity index (χ0v) is 16.0. The molecule has 0 bridgehead atoms. The predicted molar refractivity (Wildman–Crippen MR) is 96.4 cm³/mol. The Bertz CT molecular complexity index is 291. The molecule has 132 valence electrons. The fraction of sp³-hybridized carbons (Fsp3) is 1.00. The summed E-state index contributed by atoms with van der Waals surface area (Å²) in [4.78, 5) is 2.24. The largest absolute Gasteiger partial charge is 0.378 e. The fourth-order valence-corrected chi connectivity index (χ4v) is 3.40. The van der Waals surface area contributed by atoms with Gasteiger partial charge in [-0.2, -0.15) is 0 Å². The van der Waals surface area contributed by atoms with Crippen LogP contribution in [0.1, 0.15) is 59.8 Å². The van der Waals surface area contributed by atoms with E-state index >= 15 is 0 Å². The van der Waals surface area contributed by atoms with Crippen molar-refractivity contribution in [1.82, 2.24) is 10.2 Å². The maximum Gasteiger partial charge on any atom is 0.0603 e. The number of hydrogen-bond acceptors (Lipinski definition) is 3. The summed E-state index contributed by atoms with van der Waals surface area (Å²) < 4.78 is 6.03. The van der Waals surface area contributed by atoms with Crippen LogP contribution in [-0.2, 0) is 4.74 Å². The van der Waals surface area contributed by atoms with Crippen LogP contribution in [0.15, 0.2) is 0 Å². The lowest BCUT2D eigenvalue weighted by molar-refractivity contribution is -0.0761. The average Bonchev–Trinajstić information content (AvgIpc) is 2.45. The Balaban J connectivity index is 2.50. The Kier molecular flexibility index (Phi) is 8.96. The molecule has 0 amide bonds. The molecule has 1 aliphatic heterocycles. The van der Waals surface area contributed by atoms with Gasteiger partial charge in [-0.15, -0.1) is 0 Å². The maximum absolute atomic E-state index is 6.03. The summed E-state index contributed by atoms with van der Waals surface area (Å²) in [7, 11) is 4.27. The lowest BCUT2D eigenvalue weighted by atomic mass is 9.69. The number of likely N-dealkylation sites (N-methyl/N-ethyl adjacent to an activating group) is 1. The Labute approximate surface area is 139 Å². The molecule has 1 heterocycles. The maximum atomic E-state index is 6.03. The Morgan fingerprint density at radius 3 is 2.45 bits per heavy atom. The molecule has 1 N–H and O–H groups in total. The minimum atomic E-state index is 0.461. The SMILES string of the molecule is CC(C)CC[C@@]1(CCNCCN(C)C)CCO[C@@H](C(C)C)C1. The lowest BCUT2D eigenvalue weighted by Gasteiger charge is -2.43. The highest BCUT2D eigenvalue weighted by Gasteiger charge is 2.37. The van der Waals surface area contributed by atoms with E-state index in [0.717, 1.165) is 32.2 Å². The van der Waals surface area contributed by atoms with Crippen LogP contribution in [0, 0.1) is 17.3 Å². The minimum absolute atomic E-state index is 0.461. The minimum Gasteiger partial charge on any atom is -0.378 e. The zero-order valence-electron chi connectivity index (χ0n) is 16.0. The molecule has 0 aromatic heterocycles. The summed E-state index contributed by atoms with van der Waals surface area (Å²) in [6, 6.07) is 0. The van der Waals surface area contributed by atoms with Crippen LogP contribution in [0.25, 0.3) is 0 Å². The first-order valence-corrected chi connectivity index (χ1v) is 9.32. The molecule has 0 aliphatic carbocycles. The van der Waals surface area contributed by atoms with Crippen molar-refractivity contribution in [1.29, 1.82) is 0 Å². The van der Waals surface area contributed by atoms with Crippen molar-refractivity contribution in [3.05, 3.63) is 0 Å². The van der Waals surface area contributed by atoms with Crippen molar-refractivity contribution in [2.24, 2.45) is 17.3 Å². The van der Waals surface area contributed by atoms with Gasteiger partial charge in [-0.25, -0.2) is 0 Å². The van der Waals surface area contributed by atoms with Crippen molar-refractivity contribution in [3.63, 3.8) is 0 Å². The lowest BCUT2D eigenvalue weighted by Crippen LogP contribution is -2.40. The fourth-order valence-electron chi connectivity index (χ4n) is 3.40. The summed E-state index contributed by atoms with van der Waals surface area (Å²) in [5.74, 6) is 1.44. The van der Waals surface area contributed by atoms with Crippen LogP contribution >= 0.6 is 0 Å². The second-order valence-corrected chi connectivity index (χ2v) is 8.34. The third kappa shape index (κ3) is 7.43. The van der Waals surface area contributed by atoms with Crippen LogP contribution in [-0.4, -0.2) is 51.3 Å². The highest BCUT2D eigenvalue weighted by Crippen LogP contribution is 2.43. The van der Waals surface area contributed by atoms with E-state index in [2.05, 4.69) is 52.0 Å². The molecule has 3 heteroatoms. The molecule has 0 aromatic rings. The summed E-state index contributed by atoms with van der Waals surface area (Å²) in [6.07, 6.45) is 6.99. The highest BCUT2D eigenvalue weighted by molar-refractivity contribution is 4.88. The summed E-state index contributed by atoms with van der Waals surface area (Å²) in [5, 5.41) is 3.64. The second kappa shape index (κ2) is 9.89. The molecule has 0 unspecified atom stereocenters. The molecule has 1 fully saturated rings. The van der Waals surface area contributed by atoms with Gasteiger partial charge in [0.05, 0.1) is 6.10 Å². The first-order chi connectivity index (χ1) is 10.3. The van der Waals surface area contributed by atoms with Crippen LogP contribution in [0.4, 0.5) is 0 Å². The molecule has 1 rings (SSSR count). The second-order valence-electron chi connectivity index (χ2n) is 8.34. The van der Waals surface area contributed by atoms with Gasteiger partial charge in [0.1, 0.15) is 0 Å². The molecule has 1 aliphatic rings. The summed E-state index contributed by atoms with van der Waals surface area (Å²) in [5.41, 5.74) is 0.503. The van der Waals surface area contributed by atoms with Gasteiger partial charge in [-0.05, 0) is 63.6 Å². The van der Waals surface area contributed by atoms with Crippen molar-refractivity contribution < 1.29 is 4.74 Å². The molecule has 1 saturated heterocycles. The van der Waals surface area contributed by atoms with E-state index in [0.29, 0.717) is 17.4 Å². The van der Waals surface area contributed by atoms with Crippen molar-refractivity contribution in [2.75, 3.05) is 40.3 Å². The molecule has 22 heavy (non-hydrogen) atoms. The van der Waals surface area contributed by atoms with Gasteiger partial charge < -0.3 is 15.0 Å². The van der Waals surface area contributed by atoms with Crippen LogP contribution in [0.3, 0.4) is 0 Å². The molecular weight excluding hydrogens is 272 g/mol. The molecule has 0 radical (unpaired) electrons. The first-order valence-electron chi connectivity index (χ1n) is 9.32. The first kappa shape index (κ1) is 19.9. The van der Waals surface area contributed by atoms with Gasteiger partial charge in [0.25, 0.3) is 0 Å². The van der Waals surface area contributed by atoms with Crippen LogP contribution < -0.4 is 5.32 Å². The van der Waals surface area contributed by atoms with E-state index in [1.54, 1.807) is 0 Å². The normalized spacial score (nSPS) is 26.3. The van der Waals surface area contributed by atoms with E-state index < -0.39 is 0 Å². The van der Waals surface area contributed by atoms with E-state index in [9.17, 15) is 0 Å². The predicted octanol–water partition coefficient (Wildman–Crippen LogP) is 3.79. The smallest absolute Gasteiger partial charge is 0.0603 e. The molecule has 2 atom stereocenters. The van der Waals surface area contributed by atoms with Crippen LogP contribution in [0.5, 0.6) is 0 Å². The van der Waals surface area contributed by atoms with Gasteiger partial charge in [0.15, 0.2) is 0 Å². The quantitative estimate of drug-likeness (QED) is 0.621. The zero-order chi connectivity index (χ0) is 16.6. The Morgan fingerprint density at radius 1 is 1.14 bits per heavy atom. The number of rotatable bonds is 10. The number of hydrogen-bond donors (Lipinski definition) is 1. The Hall–Kier alpha value is -0.120. The molecule has 3 nitrogen and oxygen atoms in total. The third-order valence-corrected chi connectivity index (χ3v) is 5.16. The Morgan fingerprint density at radius 2 is 1.86 bits per heavy atom. The van der Waals surface area contributed by atoms with Gasteiger partial charge in [-0.1, -0.05) is 34.1 Å². The van der Waals surface area contributed by atoms with Crippen molar-refractivity contribution >= 4 is 0 Å². The van der Waals surface area contributed by atoms with Crippen molar-refractivity contribution in [3.8, 4) is 0 Å². The summed E-state index contributed by atoms with van der Waals surface area (Å²) in [6.45, 7) is 13.6. The number of nitrogens with one attached hydrogen (secondary N) is 1. The van der Waals surface area contributed by atoms with Crippen molar-refractivity contribution in [2.45, 2.75) is 65.9 Å². The van der Waals surface area contributed by atoms with Gasteiger partial charge in [0, 0.05) is 19.7 Å². The average molecular weight is 313 g/mol. The molecule has 0 saturated carbocycles.